The Kier molecular flexibility index (Phi) is 24.0. The number of unbranched alkanes of at least 4 members (excludes halogenated alkanes) is 21. The lowest BCUT2D eigenvalue weighted by molar-refractivity contribution is -0.223. The summed E-state index contributed by atoms with van der Waals surface area (Å²) in [5, 5.41) is 44.5. The number of rotatable bonds is 33. The summed E-state index contributed by atoms with van der Waals surface area (Å²) in [6.45, 7) is 7.42. The average Bonchev–Trinajstić information content (AvgIpc) is 3.00. The first-order chi connectivity index (χ1) is 22.0. The Morgan fingerprint density at radius 3 is 0.935 bits per heavy atom. The molecule has 0 amide bonds. The maximum absolute atomic E-state index is 13.4. The third-order valence-corrected chi connectivity index (χ3v) is 10.3. The van der Waals surface area contributed by atoms with E-state index in [-0.39, 0.29) is 19.3 Å². The van der Waals surface area contributed by atoms with Gasteiger partial charge < -0.3 is 20.4 Å². The minimum Gasteiger partial charge on any atom is -0.481 e. The Labute approximate surface area is 280 Å². The van der Waals surface area contributed by atoms with Gasteiger partial charge in [-0.15, -0.1) is 0 Å². The number of hydrogen-bond donors (Lipinski definition) is 4. The molecule has 8 heteroatoms. The quantitative estimate of drug-likeness (QED) is 0.0403. The molecule has 2 unspecified atom stereocenters. The lowest BCUT2D eigenvalue weighted by atomic mass is 9.52. The third kappa shape index (κ3) is 13.3. The maximum atomic E-state index is 13.4. The second kappa shape index (κ2) is 25.1. The summed E-state index contributed by atoms with van der Waals surface area (Å²) < 4.78 is 0. The Morgan fingerprint density at radius 2 is 0.696 bits per heavy atom. The molecule has 270 valence electrons. The number of carbonyl (C=O) groups is 4. The molecule has 0 aromatic carbocycles. The van der Waals surface area contributed by atoms with Crippen LogP contribution < -0.4 is 0 Å². The molecule has 0 aliphatic carbocycles. The normalized spacial score (nSPS) is 14.5. The van der Waals surface area contributed by atoms with Gasteiger partial charge in [0.2, 0.25) is 5.60 Å². The fraction of sp³-hybridized carbons (Fsp3) is 0.895. The van der Waals surface area contributed by atoms with Crippen molar-refractivity contribution in [1.29, 1.82) is 0 Å². The fourth-order valence-electron chi connectivity index (χ4n) is 7.32. The van der Waals surface area contributed by atoms with E-state index in [9.17, 15) is 39.6 Å². The van der Waals surface area contributed by atoms with Crippen molar-refractivity contribution in [2.45, 2.75) is 207 Å². The number of aliphatic hydroxyl groups is 1. The molecule has 0 rings (SSSR count). The molecular formula is C38H70O8. The van der Waals surface area contributed by atoms with Gasteiger partial charge in [-0.1, -0.05) is 175 Å². The van der Waals surface area contributed by atoms with Gasteiger partial charge in [0.15, 0.2) is 11.2 Å². The lowest BCUT2D eigenvalue weighted by Crippen LogP contribution is -2.71. The Bertz CT molecular complexity index is 820. The number of carbonyl (C=O) groups excluding carboxylic acids is 1. The van der Waals surface area contributed by atoms with Crippen LogP contribution in [0.5, 0.6) is 0 Å². The van der Waals surface area contributed by atoms with Crippen molar-refractivity contribution < 1.29 is 39.6 Å². The average molecular weight is 655 g/mol. The molecule has 0 aromatic rings. The summed E-state index contributed by atoms with van der Waals surface area (Å²) >= 11 is 0. The Balaban J connectivity index is 6.32. The summed E-state index contributed by atoms with van der Waals surface area (Å²) in [6.07, 6.45) is 20.7. The van der Waals surface area contributed by atoms with Gasteiger partial charge in [0.25, 0.3) is 0 Å². The van der Waals surface area contributed by atoms with Crippen LogP contribution in [0.15, 0.2) is 0 Å². The predicted molar refractivity (Wildman–Crippen MR) is 185 cm³/mol. The van der Waals surface area contributed by atoms with Gasteiger partial charge in [0.05, 0.1) is 0 Å². The van der Waals surface area contributed by atoms with Gasteiger partial charge in [-0.05, 0) is 26.2 Å². The van der Waals surface area contributed by atoms with Crippen molar-refractivity contribution in [2.24, 2.45) is 10.8 Å². The summed E-state index contributed by atoms with van der Waals surface area (Å²) in [5.41, 5.74) is -8.42. The van der Waals surface area contributed by atoms with Crippen molar-refractivity contribution >= 4 is 23.7 Å². The minimum atomic E-state index is -3.31. The first kappa shape index (κ1) is 44.0. The zero-order valence-electron chi connectivity index (χ0n) is 30.0. The van der Waals surface area contributed by atoms with E-state index in [4.69, 9.17) is 0 Å². The van der Waals surface area contributed by atoms with Gasteiger partial charge in [0.1, 0.15) is 5.41 Å². The highest BCUT2D eigenvalue weighted by atomic mass is 16.4. The van der Waals surface area contributed by atoms with Crippen LogP contribution in [0.3, 0.4) is 0 Å². The van der Waals surface area contributed by atoms with E-state index >= 15 is 0 Å². The molecule has 0 saturated carbocycles. The molecule has 4 N–H and O–H groups in total. The van der Waals surface area contributed by atoms with Crippen LogP contribution in [0.2, 0.25) is 0 Å². The van der Waals surface area contributed by atoms with E-state index in [1.807, 2.05) is 0 Å². The monoisotopic (exact) mass is 655 g/mol. The lowest BCUT2D eigenvalue weighted by Gasteiger charge is -2.50. The molecule has 0 aromatic heterocycles. The van der Waals surface area contributed by atoms with E-state index in [0.717, 1.165) is 122 Å². The van der Waals surface area contributed by atoms with E-state index in [0.29, 0.717) is 32.1 Å². The summed E-state index contributed by atoms with van der Waals surface area (Å²) in [6, 6.07) is 0. The third-order valence-electron chi connectivity index (χ3n) is 10.3. The van der Waals surface area contributed by atoms with Crippen molar-refractivity contribution in [3.8, 4) is 0 Å². The number of hydrogen-bond acceptors (Lipinski definition) is 5. The number of Topliss-reactive ketones (excluding diaryl/α,β-unsaturated/α-hetero) is 1. The number of carboxylic acid groups (broad SMARTS) is 3. The highest BCUT2D eigenvalue weighted by Crippen LogP contribution is 2.54. The van der Waals surface area contributed by atoms with Crippen LogP contribution in [0.4, 0.5) is 0 Å². The van der Waals surface area contributed by atoms with Crippen LogP contribution in [0, 0.1) is 10.8 Å². The molecule has 0 bridgehead atoms. The second-order valence-electron chi connectivity index (χ2n) is 13.8. The first-order valence-electron chi connectivity index (χ1n) is 18.9. The van der Waals surface area contributed by atoms with E-state index < -0.39 is 46.5 Å². The summed E-state index contributed by atoms with van der Waals surface area (Å²) in [4.78, 5) is 53.0. The fourth-order valence-corrected chi connectivity index (χ4v) is 7.32. The van der Waals surface area contributed by atoms with Gasteiger partial charge in [0, 0.05) is 0 Å². The van der Waals surface area contributed by atoms with Crippen molar-refractivity contribution in [3.63, 3.8) is 0 Å². The minimum absolute atomic E-state index is 0.198. The van der Waals surface area contributed by atoms with Crippen LogP contribution in [-0.4, -0.2) is 49.7 Å². The molecule has 0 radical (unpaired) electrons. The van der Waals surface area contributed by atoms with Gasteiger partial charge in [-0.2, -0.15) is 0 Å². The molecule has 0 heterocycles. The van der Waals surface area contributed by atoms with Crippen molar-refractivity contribution in [1.82, 2.24) is 0 Å². The summed E-state index contributed by atoms with van der Waals surface area (Å²) in [7, 11) is 0. The standard InChI is InChI=1S/C38H70O8/c1-5-8-11-14-17-20-23-26-29-36(33(40)41,30-27-24-21-18-15-12-9-6-2)38(46,35(44)45)37(32(4)39,34(42)43)31-28-25-22-19-16-13-10-7-3/h46H,5-31H2,1-4H3,(H,40,41)(H,42,43)(H,44,45). The van der Waals surface area contributed by atoms with Gasteiger partial charge >= 0.3 is 17.9 Å². The first-order valence-corrected chi connectivity index (χ1v) is 18.9. The maximum Gasteiger partial charge on any atom is 0.338 e. The second-order valence-corrected chi connectivity index (χ2v) is 13.8. The molecule has 0 aliphatic heterocycles. The summed E-state index contributed by atoms with van der Waals surface area (Å²) in [5.74, 6) is -6.24. The topological polar surface area (TPSA) is 149 Å². The molecule has 2 atom stereocenters. The molecule has 0 saturated heterocycles. The molecule has 8 nitrogen and oxygen atoms in total. The zero-order chi connectivity index (χ0) is 34.9. The van der Waals surface area contributed by atoms with Crippen LogP contribution in [0.1, 0.15) is 201 Å². The molecule has 0 aliphatic rings. The Morgan fingerprint density at radius 1 is 0.413 bits per heavy atom. The van der Waals surface area contributed by atoms with E-state index in [1.165, 1.54) is 0 Å². The van der Waals surface area contributed by atoms with Crippen molar-refractivity contribution in [2.75, 3.05) is 0 Å². The molecule has 46 heavy (non-hydrogen) atoms. The smallest absolute Gasteiger partial charge is 0.338 e. The predicted octanol–water partition coefficient (Wildman–Crippen LogP) is 10.1. The molecule has 0 fully saturated rings. The highest BCUT2D eigenvalue weighted by molar-refractivity contribution is 6.10. The molecule has 0 spiro atoms. The van der Waals surface area contributed by atoms with Crippen LogP contribution in [-0.2, 0) is 19.2 Å². The Hall–Kier alpha value is -1.96. The van der Waals surface area contributed by atoms with Gasteiger partial charge in [-0.3, -0.25) is 14.4 Å². The van der Waals surface area contributed by atoms with Crippen LogP contribution in [0.25, 0.3) is 0 Å². The van der Waals surface area contributed by atoms with E-state index in [1.54, 1.807) is 0 Å². The van der Waals surface area contributed by atoms with E-state index in [2.05, 4.69) is 20.8 Å². The van der Waals surface area contributed by atoms with Crippen LogP contribution >= 0.6 is 0 Å². The number of aliphatic carboxylic acids is 3. The van der Waals surface area contributed by atoms with Crippen molar-refractivity contribution in [3.05, 3.63) is 0 Å². The SMILES string of the molecule is CCCCCCCCCCC(CCCCCCCCCC)(C(=O)O)C(O)(C(=O)O)C(CCCCCCCCCC)(C(C)=O)C(=O)O. The largest absolute Gasteiger partial charge is 0.481 e. The molecular weight excluding hydrogens is 584 g/mol. The highest BCUT2D eigenvalue weighted by Gasteiger charge is 2.74. The number of ketones is 1. The number of carboxylic acids is 3. The zero-order valence-corrected chi connectivity index (χ0v) is 30.0. The van der Waals surface area contributed by atoms with Gasteiger partial charge in [-0.25, -0.2) is 4.79 Å².